The smallest absolute Gasteiger partial charge is 0.410 e. The number of nitrogens with zero attached hydrogens (tertiary/aromatic N) is 2. The van der Waals surface area contributed by atoms with Crippen LogP contribution in [0.3, 0.4) is 0 Å². The summed E-state index contributed by atoms with van der Waals surface area (Å²) in [6.07, 6.45) is 4.28. The predicted octanol–water partition coefficient (Wildman–Crippen LogP) is 3.93. The molecule has 1 saturated carbocycles. The number of benzene rings is 1. The van der Waals surface area contributed by atoms with Gasteiger partial charge in [0.1, 0.15) is 23.7 Å². The van der Waals surface area contributed by atoms with Crippen LogP contribution in [0.5, 0.6) is 0 Å². The second-order valence-electron chi connectivity index (χ2n) is 13.9. The maximum Gasteiger partial charge on any atom is 0.410 e. The average Bonchev–Trinajstić information content (AvgIpc) is 3.26. The number of carbonyl (C=O) groups excluding carboxylic acids is 4. The van der Waals surface area contributed by atoms with Gasteiger partial charge >= 0.3 is 18.1 Å². The lowest BCUT2D eigenvalue weighted by molar-refractivity contribution is -0.145. The van der Waals surface area contributed by atoms with Crippen molar-refractivity contribution in [3.63, 3.8) is 0 Å². The van der Waals surface area contributed by atoms with E-state index in [4.69, 9.17) is 16.3 Å². The lowest BCUT2D eigenvalue weighted by atomic mass is 10.0. The Balaban J connectivity index is 1.36. The van der Waals surface area contributed by atoms with Crippen LogP contribution >= 0.6 is 11.6 Å². The van der Waals surface area contributed by atoms with Gasteiger partial charge in [0.2, 0.25) is 11.8 Å². The van der Waals surface area contributed by atoms with Crippen molar-refractivity contribution in [2.75, 3.05) is 6.54 Å². The van der Waals surface area contributed by atoms with Crippen molar-refractivity contribution >= 4 is 41.5 Å². The number of urea groups is 1. The van der Waals surface area contributed by atoms with Crippen LogP contribution in [0.25, 0.3) is 0 Å². The normalized spacial score (nSPS) is 28.9. The first kappa shape index (κ1) is 32.8. The number of aliphatic carboxylic acids is 1. The Hall–Kier alpha value is -3.54. The highest BCUT2D eigenvalue weighted by molar-refractivity contribution is 6.30. The first-order valence-electron chi connectivity index (χ1n) is 15.9. The number of hydrogen-bond donors (Lipinski definition) is 4. The molecular weight excluding hydrogens is 602 g/mol. The Morgan fingerprint density at radius 2 is 1.73 bits per heavy atom. The maximum absolute atomic E-state index is 14.1. The van der Waals surface area contributed by atoms with Crippen LogP contribution in [0, 0.1) is 5.92 Å². The molecule has 1 aliphatic carbocycles. The highest BCUT2D eigenvalue weighted by Crippen LogP contribution is 2.47. The molecule has 5 atom stereocenters. The molecule has 4 aliphatic rings. The van der Waals surface area contributed by atoms with Crippen molar-refractivity contribution in [3.05, 3.63) is 34.3 Å². The van der Waals surface area contributed by atoms with Crippen molar-refractivity contribution in [2.45, 2.75) is 121 Å². The molecule has 5 amide bonds. The van der Waals surface area contributed by atoms with E-state index in [1.807, 2.05) is 32.9 Å². The van der Waals surface area contributed by atoms with Crippen molar-refractivity contribution in [1.82, 2.24) is 25.8 Å². The Kier molecular flexibility index (Phi) is 9.53. The predicted molar refractivity (Wildman–Crippen MR) is 165 cm³/mol. The van der Waals surface area contributed by atoms with Gasteiger partial charge in [0, 0.05) is 30.1 Å². The fourth-order valence-electron chi connectivity index (χ4n) is 6.80. The van der Waals surface area contributed by atoms with E-state index >= 15 is 0 Å². The molecule has 0 bridgehead atoms. The number of carboxylic acids is 1. The fourth-order valence-corrected chi connectivity index (χ4v) is 6.99. The van der Waals surface area contributed by atoms with E-state index in [1.54, 1.807) is 6.07 Å². The molecule has 12 nitrogen and oxygen atoms in total. The molecule has 2 saturated heterocycles. The van der Waals surface area contributed by atoms with Gasteiger partial charge in [-0.05, 0) is 69.2 Å². The minimum absolute atomic E-state index is 0.0111. The standard InChI is InChI=1S/C32H44ClN5O7/c1-31(2,3)36-29(43)34-24-10-8-6-4-5-7-9-21-15-32(21,28(41)42)35-26(39)25-14-23(18-38(25)27(24)40)45-30(44)37-16-19-11-12-22(33)13-20(19)17-37/h11-13,21,23-25H,4-10,14-18H2,1-3H3,(H,35,39)(H,41,42)(H2,34,36,43)/t21-,23-,24+,25+,32-/m1/s1. The van der Waals surface area contributed by atoms with E-state index in [-0.39, 0.29) is 18.9 Å². The van der Waals surface area contributed by atoms with Crippen molar-refractivity contribution in [2.24, 2.45) is 5.92 Å². The van der Waals surface area contributed by atoms with E-state index in [1.165, 1.54) is 9.80 Å². The quantitative estimate of drug-likeness (QED) is 0.388. The summed E-state index contributed by atoms with van der Waals surface area (Å²) in [5.74, 6) is -2.32. The van der Waals surface area contributed by atoms with Crippen molar-refractivity contribution < 1.29 is 33.8 Å². The van der Waals surface area contributed by atoms with Gasteiger partial charge in [-0.25, -0.2) is 14.4 Å². The third kappa shape index (κ3) is 7.65. The van der Waals surface area contributed by atoms with E-state index < -0.39 is 59.2 Å². The Labute approximate surface area is 268 Å². The zero-order valence-corrected chi connectivity index (χ0v) is 27.0. The van der Waals surface area contributed by atoms with Gasteiger partial charge < -0.3 is 30.7 Å². The molecule has 5 rings (SSSR count). The molecule has 3 heterocycles. The molecule has 0 aromatic heterocycles. The van der Waals surface area contributed by atoms with Gasteiger partial charge in [0.05, 0.1) is 6.54 Å². The van der Waals surface area contributed by atoms with Crippen LogP contribution in [0.15, 0.2) is 18.2 Å². The SMILES string of the molecule is CC(C)(C)NC(=O)N[C@H]1CCCCCCC[C@@H]2C[C@@]2(C(=O)O)NC(=O)[C@@H]2C[C@@H](OC(=O)N3Cc4ccc(Cl)cc4C3)CN2C1=O. The second-order valence-corrected chi connectivity index (χ2v) is 14.4. The summed E-state index contributed by atoms with van der Waals surface area (Å²) in [5, 5.41) is 19.1. The molecule has 0 radical (unpaired) electrons. The van der Waals surface area contributed by atoms with E-state index in [9.17, 15) is 29.1 Å². The van der Waals surface area contributed by atoms with Gasteiger partial charge in [0.25, 0.3) is 0 Å². The number of carbonyl (C=O) groups is 5. The molecule has 246 valence electrons. The van der Waals surface area contributed by atoms with E-state index in [2.05, 4.69) is 16.0 Å². The minimum Gasteiger partial charge on any atom is -0.479 e. The van der Waals surface area contributed by atoms with Crippen LogP contribution < -0.4 is 16.0 Å². The molecule has 0 unspecified atom stereocenters. The van der Waals surface area contributed by atoms with Crippen LogP contribution in [0.1, 0.15) is 89.7 Å². The van der Waals surface area contributed by atoms with Crippen LogP contribution in [0.4, 0.5) is 9.59 Å². The fraction of sp³-hybridized carbons (Fsp3) is 0.656. The largest absolute Gasteiger partial charge is 0.479 e. The summed E-state index contributed by atoms with van der Waals surface area (Å²) in [7, 11) is 0. The van der Waals surface area contributed by atoms with Gasteiger partial charge in [0.15, 0.2) is 0 Å². The molecule has 1 aromatic carbocycles. The number of amides is 5. The third-order valence-electron chi connectivity index (χ3n) is 9.24. The molecular formula is C32H44ClN5O7. The number of nitrogens with one attached hydrogen (secondary N) is 3. The highest BCUT2D eigenvalue weighted by Gasteiger charge is 2.62. The topological polar surface area (TPSA) is 157 Å². The molecule has 45 heavy (non-hydrogen) atoms. The summed E-state index contributed by atoms with van der Waals surface area (Å²) >= 11 is 6.12. The van der Waals surface area contributed by atoms with Crippen LogP contribution in [-0.2, 0) is 32.2 Å². The molecule has 3 aliphatic heterocycles. The molecule has 4 N–H and O–H groups in total. The van der Waals surface area contributed by atoms with E-state index in [0.29, 0.717) is 43.8 Å². The zero-order chi connectivity index (χ0) is 32.5. The zero-order valence-electron chi connectivity index (χ0n) is 26.2. The number of rotatable bonds is 3. The monoisotopic (exact) mass is 645 g/mol. The summed E-state index contributed by atoms with van der Waals surface area (Å²) < 4.78 is 5.85. The Bertz CT molecular complexity index is 1350. The minimum atomic E-state index is -1.37. The van der Waals surface area contributed by atoms with Crippen LogP contribution in [-0.4, -0.2) is 80.6 Å². The van der Waals surface area contributed by atoms with Gasteiger partial charge in [-0.2, -0.15) is 0 Å². The van der Waals surface area contributed by atoms with Gasteiger partial charge in [-0.1, -0.05) is 49.8 Å². The number of hydrogen-bond acceptors (Lipinski definition) is 6. The van der Waals surface area contributed by atoms with E-state index in [0.717, 1.165) is 36.8 Å². The Morgan fingerprint density at radius 1 is 1.04 bits per heavy atom. The molecule has 1 aromatic rings. The summed E-state index contributed by atoms with van der Waals surface area (Å²) in [4.78, 5) is 69.2. The summed E-state index contributed by atoms with van der Waals surface area (Å²) in [5.41, 5.74) is -0.0125. The first-order chi connectivity index (χ1) is 21.3. The highest BCUT2D eigenvalue weighted by atomic mass is 35.5. The van der Waals surface area contributed by atoms with Gasteiger partial charge in [-0.3, -0.25) is 14.5 Å². The van der Waals surface area contributed by atoms with Crippen molar-refractivity contribution in [1.29, 1.82) is 0 Å². The van der Waals surface area contributed by atoms with Crippen LogP contribution in [0.2, 0.25) is 5.02 Å². The van der Waals surface area contributed by atoms with Crippen molar-refractivity contribution in [3.8, 4) is 0 Å². The molecule has 3 fully saturated rings. The Morgan fingerprint density at radius 3 is 2.44 bits per heavy atom. The number of halogens is 1. The lowest BCUT2D eigenvalue weighted by Gasteiger charge is -2.30. The lowest BCUT2D eigenvalue weighted by Crippen LogP contribution is -2.58. The number of fused-ring (bicyclic) bond motifs is 3. The summed E-state index contributed by atoms with van der Waals surface area (Å²) in [6.45, 7) is 6.12. The summed E-state index contributed by atoms with van der Waals surface area (Å²) in [6, 6.07) is 2.96. The number of carboxylic acid groups (broad SMARTS) is 1. The second kappa shape index (κ2) is 13.1. The molecule has 0 spiro atoms. The maximum atomic E-state index is 14.1. The average molecular weight is 646 g/mol. The number of ether oxygens (including phenoxy) is 1. The van der Waals surface area contributed by atoms with Gasteiger partial charge in [-0.15, -0.1) is 0 Å². The third-order valence-corrected chi connectivity index (χ3v) is 9.47. The molecule has 13 heteroatoms. The first-order valence-corrected chi connectivity index (χ1v) is 16.3.